The van der Waals surface area contributed by atoms with Crippen LogP contribution in [0.25, 0.3) is 27.5 Å². The SMILES string of the molecule is CCN1CCC[C@H]1CNC(=O)c1ccnc(-c2cnn3ccc(-c4cccs4)nc23)c1. The topological polar surface area (TPSA) is 75.4 Å². The van der Waals surface area contributed by atoms with Gasteiger partial charge in [0.2, 0.25) is 0 Å². The minimum Gasteiger partial charge on any atom is -0.350 e. The Morgan fingerprint density at radius 3 is 3.06 bits per heavy atom. The molecule has 5 heterocycles. The summed E-state index contributed by atoms with van der Waals surface area (Å²) in [6.45, 7) is 4.98. The second-order valence-electron chi connectivity index (χ2n) is 7.68. The van der Waals surface area contributed by atoms with E-state index >= 15 is 0 Å². The number of amides is 1. The summed E-state index contributed by atoms with van der Waals surface area (Å²) in [6.07, 6.45) is 7.66. The predicted octanol–water partition coefficient (Wildman–Crippen LogP) is 3.73. The van der Waals surface area contributed by atoms with Crippen LogP contribution in [0, 0.1) is 0 Å². The maximum atomic E-state index is 12.8. The highest BCUT2D eigenvalue weighted by molar-refractivity contribution is 7.13. The number of carbonyl (C=O) groups excluding carboxylic acids is 1. The quantitative estimate of drug-likeness (QED) is 0.502. The largest absolute Gasteiger partial charge is 0.350 e. The van der Waals surface area contributed by atoms with Crippen LogP contribution in [-0.4, -0.2) is 56.1 Å². The molecule has 1 aliphatic rings. The van der Waals surface area contributed by atoms with Gasteiger partial charge in [0.15, 0.2) is 5.65 Å². The van der Waals surface area contributed by atoms with Gasteiger partial charge in [-0.3, -0.25) is 14.7 Å². The number of aromatic nitrogens is 4. The van der Waals surface area contributed by atoms with Gasteiger partial charge in [0.1, 0.15) is 0 Å². The zero-order chi connectivity index (χ0) is 21.2. The van der Waals surface area contributed by atoms with E-state index in [0.717, 1.165) is 41.3 Å². The van der Waals surface area contributed by atoms with Crippen molar-refractivity contribution in [1.29, 1.82) is 0 Å². The Bertz CT molecular complexity index is 1200. The summed E-state index contributed by atoms with van der Waals surface area (Å²) in [5, 5.41) is 9.54. The second-order valence-corrected chi connectivity index (χ2v) is 8.63. The highest BCUT2D eigenvalue weighted by atomic mass is 32.1. The number of rotatable bonds is 6. The van der Waals surface area contributed by atoms with E-state index in [1.807, 2.05) is 35.8 Å². The zero-order valence-electron chi connectivity index (χ0n) is 17.4. The fourth-order valence-electron chi connectivity index (χ4n) is 4.19. The van der Waals surface area contributed by atoms with Crippen molar-refractivity contribution in [1.82, 2.24) is 29.8 Å². The smallest absolute Gasteiger partial charge is 0.251 e. The van der Waals surface area contributed by atoms with Crippen LogP contribution in [0.15, 0.2) is 54.3 Å². The maximum Gasteiger partial charge on any atom is 0.251 e. The molecule has 7 nitrogen and oxygen atoms in total. The van der Waals surface area contributed by atoms with Gasteiger partial charge in [-0.1, -0.05) is 13.0 Å². The van der Waals surface area contributed by atoms with Crippen molar-refractivity contribution in [3.8, 4) is 21.8 Å². The van der Waals surface area contributed by atoms with Gasteiger partial charge in [-0.2, -0.15) is 5.10 Å². The summed E-state index contributed by atoms with van der Waals surface area (Å²) in [7, 11) is 0. The lowest BCUT2D eigenvalue weighted by molar-refractivity contribution is 0.0941. The van der Waals surface area contributed by atoms with Crippen LogP contribution in [0.5, 0.6) is 0 Å². The minimum absolute atomic E-state index is 0.0738. The second kappa shape index (κ2) is 8.56. The molecule has 5 rings (SSSR count). The number of hydrogen-bond donors (Lipinski definition) is 1. The summed E-state index contributed by atoms with van der Waals surface area (Å²) >= 11 is 1.65. The number of pyridine rings is 1. The van der Waals surface area contributed by atoms with Crippen LogP contribution >= 0.6 is 11.3 Å². The molecule has 1 atom stereocenters. The molecule has 8 heteroatoms. The summed E-state index contributed by atoms with van der Waals surface area (Å²) in [4.78, 5) is 25.6. The highest BCUT2D eigenvalue weighted by Crippen LogP contribution is 2.27. The normalized spacial score (nSPS) is 16.7. The molecule has 0 aromatic carbocycles. The molecule has 4 aromatic rings. The summed E-state index contributed by atoms with van der Waals surface area (Å²) in [6, 6.07) is 10.0. The zero-order valence-corrected chi connectivity index (χ0v) is 18.2. The molecule has 0 spiro atoms. The third kappa shape index (κ3) is 3.96. The number of carbonyl (C=O) groups is 1. The Kier molecular flexibility index (Phi) is 5.48. The van der Waals surface area contributed by atoms with Crippen LogP contribution < -0.4 is 5.32 Å². The van der Waals surface area contributed by atoms with Crippen LogP contribution in [-0.2, 0) is 0 Å². The van der Waals surface area contributed by atoms with E-state index in [4.69, 9.17) is 4.98 Å². The number of likely N-dealkylation sites (tertiary alicyclic amines) is 1. The van der Waals surface area contributed by atoms with Crippen molar-refractivity contribution >= 4 is 22.9 Å². The van der Waals surface area contributed by atoms with Crippen molar-refractivity contribution in [2.24, 2.45) is 0 Å². The summed E-state index contributed by atoms with van der Waals surface area (Å²) in [5.41, 5.74) is 3.71. The molecule has 1 N–H and O–H groups in total. The Balaban J connectivity index is 1.39. The first kappa shape index (κ1) is 19.8. The molecule has 1 aliphatic heterocycles. The van der Waals surface area contributed by atoms with Gasteiger partial charge in [0.05, 0.1) is 28.0 Å². The number of hydrogen-bond acceptors (Lipinski definition) is 6. The molecule has 0 bridgehead atoms. The molecule has 31 heavy (non-hydrogen) atoms. The van der Waals surface area contributed by atoms with E-state index in [0.29, 0.717) is 23.8 Å². The van der Waals surface area contributed by atoms with Crippen molar-refractivity contribution in [2.75, 3.05) is 19.6 Å². The average Bonchev–Trinajstić information content (AvgIpc) is 3.57. The monoisotopic (exact) mass is 432 g/mol. The lowest BCUT2D eigenvalue weighted by Gasteiger charge is -2.22. The first-order valence-corrected chi connectivity index (χ1v) is 11.5. The fourth-order valence-corrected chi connectivity index (χ4v) is 4.88. The maximum absolute atomic E-state index is 12.8. The third-order valence-corrected chi connectivity index (χ3v) is 6.74. The van der Waals surface area contributed by atoms with Crippen molar-refractivity contribution in [3.63, 3.8) is 0 Å². The summed E-state index contributed by atoms with van der Waals surface area (Å²) in [5.74, 6) is -0.0738. The lowest BCUT2D eigenvalue weighted by Crippen LogP contribution is -2.40. The molecule has 4 aromatic heterocycles. The fraction of sp³-hybridized carbons (Fsp3) is 0.304. The summed E-state index contributed by atoms with van der Waals surface area (Å²) < 4.78 is 1.74. The van der Waals surface area contributed by atoms with Gasteiger partial charge in [-0.15, -0.1) is 11.3 Å². The molecule has 0 aliphatic carbocycles. The van der Waals surface area contributed by atoms with Gasteiger partial charge < -0.3 is 5.32 Å². The Morgan fingerprint density at radius 2 is 2.23 bits per heavy atom. The van der Waals surface area contributed by atoms with Gasteiger partial charge >= 0.3 is 0 Å². The standard InChI is InChI=1S/C23H24N6OS/c1-2-28-10-3-5-17(28)14-25-23(30)16-7-9-24-20(13-16)18-15-26-29-11-8-19(27-22(18)29)21-6-4-12-31-21/h4,6-9,11-13,15,17H,2-3,5,10,14H2,1H3,(H,25,30)/t17-/m0/s1. The molecule has 0 unspecified atom stereocenters. The first-order valence-electron chi connectivity index (χ1n) is 10.6. The number of nitrogens with zero attached hydrogens (tertiary/aromatic N) is 5. The van der Waals surface area contributed by atoms with E-state index in [9.17, 15) is 4.79 Å². The van der Waals surface area contributed by atoms with Gasteiger partial charge in [-0.05, 0) is 55.6 Å². The van der Waals surface area contributed by atoms with Gasteiger partial charge in [0.25, 0.3) is 5.91 Å². The Morgan fingerprint density at radius 1 is 1.29 bits per heavy atom. The predicted molar refractivity (Wildman–Crippen MR) is 122 cm³/mol. The number of thiophene rings is 1. The molecular weight excluding hydrogens is 408 g/mol. The first-order chi connectivity index (χ1) is 15.2. The van der Waals surface area contributed by atoms with E-state index in [2.05, 4.69) is 27.2 Å². The van der Waals surface area contributed by atoms with Crippen LogP contribution in [0.2, 0.25) is 0 Å². The molecule has 158 valence electrons. The van der Waals surface area contributed by atoms with Crippen LogP contribution in [0.3, 0.4) is 0 Å². The molecule has 0 saturated carbocycles. The third-order valence-electron chi connectivity index (χ3n) is 5.84. The van der Waals surface area contributed by atoms with E-state index in [1.54, 1.807) is 34.3 Å². The van der Waals surface area contributed by atoms with Crippen molar-refractivity contribution in [2.45, 2.75) is 25.8 Å². The molecule has 1 saturated heterocycles. The Hall–Kier alpha value is -3.10. The lowest BCUT2D eigenvalue weighted by atomic mass is 10.1. The van der Waals surface area contributed by atoms with Gasteiger partial charge in [0, 0.05) is 30.5 Å². The number of likely N-dealkylation sites (N-methyl/N-ethyl adjacent to an activating group) is 1. The number of nitrogens with one attached hydrogen (secondary N) is 1. The molecular formula is C23H24N6OS. The van der Waals surface area contributed by atoms with Crippen molar-refractivity contribution < 1.29 is 4.79 Å². The van der Waals surface area contributed by atoms with Crippen LogP contribution in [0.1, 0.15) is 30.1 Å². The van der Waals surface area contributed by atoms with E-state index < -0.39 is 0 Å². The van der Waals surface area contributed by atoms with Crippen molar-refractivity contribution in [3.05, 3.63) is 59.9 Å². The van der Waals surface area contributed by atoms with E-state index in [-0.39, 0.29) is 5.91 Å². The highest BCUT2D eigenvalue weighted by Gasteiger charge is 2.23. The molecule has 1 fully saturated rings. The van der Waals surface area contributed by atoms with E-state index in [1.165, 1.54) is 6.42 Å². The molecule has 0 radical (unpaired) electrons. The number of fused-ring (bicyclic) bond motifs is 1. The van der Waals surface area contributed by atoms with Gasteiger partial charge in [-0.25, -0.2) is 9.50 Å². The Labute approximate surface area is 184 Å². The average molecular weight is 433 g/mol. The molecule has 1 amide bonds. The minimum atomic E-state index is -0.0738. The van der Waals surface area contributed by atoms with Crippen LogP contribution in [0.4, 0.5) is 0 Å².